The highest BCUT2D eigenvalue weighted by atomic mass is 16.5. The van der Waals surface area contributed by atoms with Gasteiger partial charge in [-0.1, -0.05) is 13.3 Å². The minimum Gasteiger partial charge on any atom is -0.396 e. The zero-order valence-corrected chi connectivity index (χ0v) is 9.92. The van der Waals surface area contributed by atoms with Crippen molar-refractivity contribution >= 4 is 0 Å². The molecule has 0 fully saturated rings. The van der Waals surface area contributed by atoms with Crippen LogP contribution in [0.25, 0.3) is 0 Å². The van der Waals surface area contributed by atoms with Gasteiger partial charge in [0.05, 0.1) is 6.10 Å². The molecular weight excluding hydrogens is 178 g/mol. The van der Waals surface area contributed by atoms with Crippen LogP contribution in [0, 0.1) is 5.92 Å². The fourth-order valence-electron chi connectivity index (χ4n) is 1.36. The van der Waals surface area contributed by atoms with E-state index in [1.807, 2.05) is 0 Å². The lowest BCUT2D eigenvalue weighted by Crippen LogP contribution is -2.39. The first-order chi connectivity index (χ1) is 6.65. The molecule has 0 radical (unpaired) electrons. The van der Waals surface area contributed by atoms with Crippen molar-refractivity contribution in [3.05, 3.63) is 0 Å². The number of aliphatic hydroxyl groups excluding tert-OH is 1. The number of rotatable bonds is 8. The van der Waals surface area contributed by atoms with Crippen LogP contribution < -0.4 is 5.32 Å². The molecule has 3 heteroatoms. The summed E-state index contributed by atoms with van der Waals surface area (Å²) in [5.74, 6) is 0.575. The van der Waals surface area contributed by atoms with Crippen molar-refractivity contribution in [2.75, 3.05) is 20.3 Å². The molecule has 0 aromatic carbocycles. The number of methoxy groups -OCH3 is 1. The first kappa shape index (κ1) is 13.9. The first-order valence-corrected chi connectivity index (χ1v) is 5.52. The van der Waals surface area contributed by atoms with E-state index in [2.05, 4.69) is 26.1 Å². The maximum atomic E-state index is 8.84. The van der Waals surface area contributed by atoms with Crippen molar-refractivity contribution in [2.45, 2.75) is 45.8 Å². The number of hydrogen-bond donors (Lipinski definition) is 2. The summed E-state index contributed by atoms with van der Waals surface area (Å²) in [6, 6.07) is 0.368. The summed E-state index contributed by atoms with van der Waals surface area (Å²) < 4.78 is 5.23. The Balaban J connectivity index is 3.67. The molecular formula is C11H25NO2. The number of nitrogens with one attached hydrogen (secondary N) is 1. The Bertz CT molecular complexity index is 128. The molecule has 2 N–H and O–H groups in total. The lowest BCUT2D eigenvalue weighted by atomic mass is 10.0. The molecule has 0 aliphatic rings. The SMILES string of the molecule is CCC(CCO)CNC(C)C(C)OC. The third kappa shape index (κ3) is 5.58. The molecule has 0 saturated carbocycles. The standard InChI is InChI=1S/C11H25NO2/c1-5-11(6-7-13)8-12-9(2)10(3)14-4/h9-13H,5-8H2,1-4H3. The van der Waals surface area contributed by atoms with Crippen molar-refractivity contribution < 1.29 is 9.84 Å². The summed E-state index contributed by atoms with van der Waals surface area (Å²) in [4.78, 5) is 0. The van der Waals surface area contributed by atoms with Gasteiger partial charge in [0, 0.05) is 19.8 Å². The summed E-state index contributed by atoms with van der Waals surface area (Å²) in [5.41, 5.74) is 0. The Morgan fingerprint density at radius 2 is 2.00 bits per heavy atom. The second-order valence-corrected chi connectivity index (χ2v) is 3.92. The number of hydrogen-bond acceptors (Lipinski definition) is 3. The molecule has 14 heavy (non-hydrogen) atoms. The van der Waals surface area contributed by atoms with Crippen LogP contribution in [-0.4, -0.2) is 37.5 Å². The van der Waals surface area contributed by atoms with E-state index in [4.69, 9.17) is 9.84 Å². The average Bonchev–Trinajstić information content (AvgIpc) is 2.22. The molecule has 0 amide bonds. The van der Waals surface area contributed by atoms with E-state index in [0.29, 0.717) is 12.0 Å². The molecule has 0 aromatic rings. The zero-order chi connectivity index (χ0) is 11.0. The number of aliphatic hydroxyl groups is 1. The van der Waals surface area contributed by atoms with Crippen LogP contribution in [0.15, 0.2) is 0 Å². The van der Waals surface area contributed by atoms with Crippen LogP contribution in [0.3, 0.4) is 0 Å². The Morgan fingerprint density at radius 1 is 1.36 bits per heavy atom. The van der Waals surface area contributed by atoms with Crippen LogP contribution in [0.4, 0.5) is 0 Å². The van der Waals surface area contributed by atoms with Crippen molar-refractivity contribution in [2.24, 2.45) is 5.92 Å². The van der Waals surface area contributed by atoms with Gasteiger partial charge in [-0.25, -0.2) is 0 Å². The molecule has 0 spiro atoms. The van der Waals surface area contributed by atoms with E-state index in [9.17, 15) is 0 Å². The Morgan fingerprint density at radius 3 is 2.43 bits per heavy atom. The molecule has 86 valence electrons. The van der Waals surface area contributed by atoms with Gasteiger partial charge in [-0.2, -0.15) is 0 Å². The van der Waals surface area contributed by atoms with Crippen LogP contribution in [0.5, 0.6) is 0 Å². The van der Waals surface area contributed by atoms with Crippen molar-refractivity contribution in [1.82, 2.24) is 5.32 Å². The number of ether oxygens (including phenoxy) is 1. The minimum absolute atomic E-state index is 0.238. The molecule has 3 unspecified atom stereocenters. The zero-order valence-electron chi connectivity index (χ0n) is 9.92. The van der Waals surface area contributed by atoms with Gasteiger partial charge in [0.2, 0.25) is 0 Å². The summed E-state index contributed by atoms with van der Waals surface area (Å²) in [6.07, 6.45) is 2.24. The topological polar surface area (TPSA) is 41.5 Å². The molecule has 0 saturated heterocycles. The quantitative estimate of drug-likeness (QED) is 0.626. The molecule has 0 heterocycles. The van der Waals surface area contributed by atoms with Gasteiger partial charge in [0.15, 0.2) is 0 Å². The molecule has 0 bridgehead atoms. The normalized spacial score (nSPS) is 17.8. The highest BCUT2D eigenvalue weighted by Crippen LogP contribution is 2.07. The largest absolute Gasteiger partial charge is 0.396 e. The summed E-state index contributed by atoms with van der Waals surface area (Å²) in [6.45, 7) is 7.59. The van der Waals surface area contributed by atoms with Gasteiger partial charge in [0.1, 0.15) is 0 Å². The Hall–Kier alpha value is -0.120. The van der Waals surface area contributed by atoms with Crippen molar-refractivity contribution in [3.63, 3.8) is 0 Å². The Kier molecular flexibility index (Phi) is 8.14. The minimum atomic E-state index is 0.238. The third-order valence-electron chi connectivity index (χ3n) is 2.92. The maximum absolute atomic E-state index is 8.84. The van der Waals surface area contributed by atoms with Crippen molar-refractivity contribution in [3.8, 4) is 0 Å². The van der Waals surface area contributed by atoms with Gasteiger partial charge in [-0.05, 0) is 32.7 Å². The van der Waals surface area contributed by atoms with Gasteiger partial charge in [0.25, 0.3) is 0 Å². The molecule has 0 aliphatic heterocycles. The van der Waals surface area contributed by atoms with Crippen LogP contribution in [-0.2, 0) is 4.74 Å². The van der Waals surface area contributed by atoms with Gasteiger partial charge < -0.3 is 15.2 Å². The molecule has 3 atom stereocenters. The van der Waals surface area contributed by atoms with Crippen LogP contribution in [0.2, 0.25) is 0 Å². The highest BCUT2D eigenvalue weighted by Gasteiger charge is 2.12. The van der Waals surface area contributed by atoms with Gasteiger partial charge >= 0.3 is 0 Å². The van der Waals surface area contributed by atoms with E-state index in [-0.39, 0.29) is 12.7 Å². The smallest absolute Gasteiger partial charge is 0.0693 e. The molecule has 3 nitrogen and oxygen atoms in total. The van der Waals surface area contributed by atoms with E-state index in [0.717, 1.165) is 19.4 Å². The first-order valence-electron chi connectivity index (χ1n) is 5.52. The molecule has 0 aromatic heterocycles. The lowest BCUT2D eigenvalue weighted by molar-refractivity contribution is 0.0865. The predicted octanol–water partition coefficient (Wildman–Crippen LogP) is 1.41. The summed E-state index contributed by atoms with van der Waals surface area (Å²) in [5, 5.41) is 12.3. The van der Waals surface area contributed by atoms with Crippen LogP contribution >= 0.6 is 0 Å². The fraction of sp³-hybridized carbons (Fsp3) is 1.00. The third-order valence-corrected chi connectivity index (χ3v) is 2.92. The summed E-state index contributed by atoms with van der Waals surface area (Å²) in [7, 11) is 1.73. The summed E-state index contributed by atoms with van der Waals surface area (Å²) >= 11 is 0. The second-order valence-electron chi connectivity index (χ2n) is 3.92. The van der Waals surface area contributed by atoms with E-state index >= 15 is 0 Å². The van der Waals surface area contributed by atoms with E-state index in [1.165, 1.54) is 0 Å². The monoisotopic (exact) mass is 203 g/mol. The Labute approximate surface area is 87.8 Å². The van der Waals surface area contributed by atoms with Crippen LogP contribution in [0.1, 0.15) is 33.6 Å². The lowest BCUT2D eigenvalue weighted by Gasteiger charge is -2.23. The fourth-order valence-corrected chi connectivity index (χ4v) is 1.36. The predicted molar refractivity (Wildman–Crippen MR) is 59.4 cm³/mol. The molecule has 0 rings (SSSR count). The average molecular weight is 203 g/mol. The van der Waals surface area contributed by atoms with Crippen molar-refractivity contribution in [1.29, 1.82) is 0 Å². The van der Waals surface area contributed by atoms with E-state index in [1.54, 1.807) is 7.11 Å². The highest BCUT2D eigenvalue weighted by molar-refractivity contribution is 4.70. The second kappa shape index (κ2) is 8.21. The van der Waals surface area contributed by atoms with E-state index < -0.39 is 0 Å². The van der Waals surface area contributed by atoms with Gasteiger partial charge in [-0.15, -0.1) is 0 Å². The maximum Gasteiger partial charge on any atom is 0.0693 e. The molecule has 0 aliphatic carbocycles. The van der Waals surface area contributed by atoms with Gasteiger partial charge in [-0.3, -0.25) is 0 Å².